The van der Waals surface area contributed by atoms with Gasteiger partial charge >= 0.3 is 0 Å². The van der Waals surface area contributed by atoms with E-state index in [1.165, 1.54) is 109 Å². The summed E-state index contributed by atoms with van der Waals surface area (Å²) in [6.07, 6.45) is 24.4. The van der Waals surface area contributed by atoms with Gasteiger partial charge in [0.1, 0.15) is 0 Å². The second-order valence-electron chi connectivity index (χ2n) is 7.52. The van der Waals surface area contributed by atoms with Crippen molar-refractivity contribution in [1.82, 2.24) is 5.32 Å². The van der Waals surface area contributed by atoms with Crippen LogP contribution in [0.25, 0.3) is 0 Å². The minimum Gasteiger partial charge on any atom is -0.316 e. The van der Waals surface area contributed by atoms with E-state index in [1.807, 2.05) is 0 Å². The van der Waals surface area contributed by atoms with Crippen LogP contribution in [0.15, 0.2) is 0 Å². The first kappa shape index (κ1) is 17.3. The lowest BCUT2D eigenvalue weighted by Crippen LogP contribution is -2.26. The van der Waals surface area contributed by atoms with Gasteiger partial charge in [0.25, 0.3) is 0 Å². The Morgan fingerprint density at radius 1 is 0.571 bits per heavy atom. The molecule has 0 bridgehead atoms. The van der Waals surface area contributed by atoms with Crippen LogP contribution >= 0.6 is 0 Å². The van der Waals surface area contributed by atoms with Crippen molar-refractivity contribution < 1.29 is 0 Å². The van der Waals surface area contributed by atoms with Crippen molar-refractivity contribution >= 4 is 0 Å². The van der Waals surface area contributed by atoms with Crippen LogP contribution in [-0.4, -0.2) is 13.1 Å². The highest BCUT2D eigenvalue weighted by Crippen LogP contribution is 2.34. The van der Waals surface area contributed by atoms with Crippen molar-refractivity contribution in [2.75, 3.05) is 13.1 Å². The van der Waals surface area contributed by atoms with E-state index in [0.717, 1.165) is 11.8 Å². The van der Waals surface area contributed by atoms with Crippen molar-refractivity contribution in [2.24, 2.45) is 11.8 Å². The van der Waals surface area contributed by atoms with Crippen molar-refractivity contribution in [2.45, 2.75) is 96.3 Å². The third-order valence-electron chi connectivity index (χ3n) is 5.69. The van der Waals surface area contributed by atoms with Crippen molar-refractivity contribution in [1.29, 1.82) is 0 Å². The van der Waals surface area contributed by atoms with Gasteiger partial charge in [0.2, 0.25) is 0 Å². The van der Waals surface area contributed by atoms with Crippen LogP contribution in [0.2, 0.25) is 0 Å². The average Bonchev–Trinajstić information content (AvgIpc) is 2.93. The Kier molecular flexibility index (Phi) is 9.50. The summed E-state index contributed by atoms with van der Waals surface area (Å²) in [6, 6.07) is 0. The molecule has 1 heterocycles. The van der Waals surface area contributed by atoms with Gasteiger partial charge in [-0.05, 0) is 50.6 Å². The fraction of sp³-hybridized carbons (Fsp3) is 0.950. The van der Waals surface area contributed by atoms with E-state index >= 15 is 0 Å². The molecule has 0 aromatic carbocycles. The van der Waals surface area contributed by atoms with Crippen molar-refractivity contribution in [3.8, 4) is 0 Å². The monoisotopic (exact) mass is 292 g/mol. The molecule has 0 spiro atoms. The van der Waals surface area contributed by atoms with Gasteiger partial charge in [0.15, 0.2) is 0 Å². The molecule has 123 valence electrons. The second kappa shape index (κ2) is 11.5. The summed E-state index contributed by atoms with van der Waals surface area (Å²) >= 11 is 0. The Morgan fingerprint density at radius 3 is 1.76 bits per heavy atom. The maximum Gasteiger partial charge on any atom is -0.00178 e. The van der Waals surface area contributed by atoms with Gasteiger partial charge < -0.3 is 5.32 Å². The molecule has 1 heteroatoms. The Morgan fingerprint density at radius 2 is 1.10 bits per heavy atom. The molecule has 2 fully saturated rings. The second-order valence-corrected chi connectivity index (χ2v) is 7.52. The zero-order valence-electron chi connectivity index (χ0n) is 14.3. The highest BCUT2D eigenvalue weighted by atomic mass is 14.9. The molecule has 0 aromatic rings. The first-order valence-corrected chi connectivity index (χ1v) is 9.99. The molecule has 2 atom stereocenters. The zero-order valence-corrected chi connectivity index (χ0v) is 14.3. The van der Waals surface area contributed by atoms with E-state index in [2.05, 4.69) is 11.7 Å². The van der Waals surface area contributed by atoms with Gasteiger partial charge in [-0.2, -0.15) is 0 Å². The number of nitrogens with one attached hydrogen (secondary N) is 1. The minimum atomic E-state index is 0.948. The van der Waals surface area contributed by atoms with Crippen LogP contribution in [-0.2, 0) is 0 Å². The molecule has 1 radical (unpaired) electrons. The van der Waals surface area contributed by atoms with Gasteiger partial charge in [-0.15, -0.1) is 0 Å². The van der Waals surface area contributed by atoms with Crippen LogP contribution < -0.4 is 5.32 Å². The molecule has 2 unspecified atom stereocenters. The molecule has 1 saturated heterocycles. The summed E-state index contributed by atoms with van der Waals surface area (Å²) in [7, 11) is 0. The molecule has 0 amide bonds. The maximum absolute atomic E-state index is 3.74. The SMILES string of the molecule is [CH]1CC2CCCCCCCCCCCCCCNCC2C1. The molecule has 2 aliphatic rings. The smallest absolute Gasteiger partial charge is 0.00178 e. The fourth-order valence-electron chi connectivity index (χ4n) is 4.22. The fourth-order valence-corrected chi connectivity index (χ4v) is 4.22. The third kappa shape index (κ3) is 7.68. The minimum absolute atomic E-state index is 0.948. The molecule has 2 rings (SSSR count). The lowest BCUT2D eigenvalue weighted by Gasteiger charge is -2.20. The van der Waals surface area contributed by atoms with Crippen molar-refractivity contribution in [3.05, 3.63) is 6.42 Å². The van der Waals surface area contributed by atoms with E-state index in [9.17, 15) is 0 Å². The number of hydrogen-bond acceptors (Lipinski definition) is 1. The molecule has 1 N–H and O–H groups in total. The predicted molar refractivity (Wildman–Crippen MR) is 93.4 cm³/mol. The Labute approximate surface area is 133 Å². The van der Waals surface area contributed by atoms with Crippen molar-refractivity contribution in [3.63, 3.8) is 0 Å². The predicted octanol–water partition coefficient (Wildman–Crippen LogP) is 5.89. The van der Waals surface area contributed by atoms with E-state index in [-0.39, 0.29) is 0 Å². The molecule has 1 aliphatic carbocycles. The van der Waals surface area contributed by atoms with Gasteiger partial charge in [-0.1, -0.05) is 77.0 Å². The molecule has 1 saturated carbocycles. The molecular weight excluding hydrogens is 254 g/mol. The number of rotatable bonds is 0. The van der Waals surface area contributed by atoms with Crippen LogP contribution in [0.3, 0.4) is 0 Å². The molecule has 1 nitrogen and oxygen atoms in total. The first-order valence-electron chi connectivity index (χ1n) is 9.99. The van der Waals surface area contributed by atoms with Gasteiger partial charge in [0.05, 0.1) is 0 Å². The molecule has 1 aliphatic heterocycles. The average molecular weight is 293 g/mol. The summed E-state index contributed by atoms with van der Waals surface area (Å²) in [5.41, 5.74) is 0. The van der Waals surface area contributed by atoms with Gasteiger partial charge in [0, 0.05) is 0 Å². The van der Waals surface area contributed by atoms with Crippen LogP contribution in [0, 0.1) is 18.3 Å². The quantitative estimate of drug-likeness (QED) is 0.587. The van der Waals surface area contributed by atoms with Gasteiger partial charge in [-0.3, -0.25) is 0 Å². The third-order valence-corrected chi connectivity index (χ3v) is 5.69. The first-order chi connectivity index (χ1) is 10.5. The highest BCUT2D eigenvalue weighted by molar-refractivity contribution is 4.89. The summed E-state index contributed by atoms with van der Waals surface area (Å²) in [4.78, 5) is 0. The van der Waals surface area contributed by atoms with Crippen LogP contribution in [0.5, 0.6) is 0 Å². The maximum atomic E-state index is 3.74. The largest absolute Gasteiger partial charge is 0.316 e. The number of fused-ring (bicyclic) bond motifs is 1. The van der Waals surface area contributed by atoms with E-state index in [4.69, 9.17) is 0 Å². The van der Waals surface area contributed by atoms with Crippen LogP contribution in [0.1, 0.15) is 96.3 Å². The highest BCUT2D eigenvalue weighted by Gasteiger charge is 2.26. The summed E-state index contributed by atoms with van der Waals surface area (Å²) in [6.45, 7) is 2.53. The number of hydrogen-bond donors (Lipinski definition) is 1. The van der Waals surface area contributed by atoms with Crippen LogP contribution in [0.4, 0.5) is 0 Å². The summed E-state index contributed by atoms with van der Waals surface area (Å²) < 4.78 is 0. The molecule has 21 heavy (non-hydrogen) atoms. The Balaban J connectivity index is 1.65. The van der Waals surface area contributed by atoms with E-state index < -0.39 is 0 Å². The normalized spacial score (nSPS) is 32.0. The topological polar surface area (TPSA) is 12.0 Å². The Hall–Kier alpha value is -0.0400. The molecule has 0 aromatic heterocycles. The van der Waals surface area contributed by atoms with Gasteiger partial charge in [-0.25, -0.2) is 0 Å². The lowest BCUT2D eigenvalue weighted by atomic mass is 9.90. The van der Waals surface area contributed by atoms with E-state index in [0.29, 0.717) is 0 Å². The zero-order chi connectivity index (χ0) is 14.6. The summed E-state index contributed by atoms with van der Waals surface area (Å²) in [5, 5.41) is 3.74. The Bertz CT molecular complexity index is 214. The summed E-state index contributed by atoms with van der Waals surface area (Å²) in [5.74, 6) is 1.94. The van der Waals surface area contributed by atoms with E-state index in [1.54, 1.807) is 0 Å². The lowest BCUT2D eigenvalue weighted by molar-refractivity contribution is 0.334. The standard InChI is InChI=1S/C20H38N/c1-2-4-6-8-10-12-17-21-18-20-16-13-15-19(20)14-11-9-7-5-3-1/h13,19-21H,1-12,14-18H2. The molecular formula is C20H38N.